The van der Waals surface area contributed by atoms with E-state index in [0.717, 1.165) is 5.56 Å². The smallest absolute Gasteiger partial charge is 0.325 e. The average molecular weight is 263 g/mol. The molecule has 0 saturated heterocycles. The first-order valence-electron chi connectivity index (χ1n) is 6.47. The Morgan fingerprint density at radius 3 is 2.63 bits per heavy atom. The highest BCUT2D eigenvalue weighted by Crippen LogP contribution is 2.08. The largest absolute Gasteiger partial charge is 0.468 e. The van der Waals surface area contributed by atoms with Gasteiger partial charge in [-0.15, -0.1) is 0 Å². The summed E-state index contributed by atoms with van der Waals surface area (Å²) >= 11 is 0. The molecular formula is C15H21NO3. The number of esters is 1. The Balaban J connectivity index is 2.51. The van der Waals surface area contributed by atoms with Gasteiger partial charge in [-0.05, 0) is 25.8 Å². The van der Waals surface area contributed by atoms with Crippen molar-refractivity contribution in [1.29, 1.82) is 0 Å². The summed E-state index contributed by atoms with van der Waals surface area (Å²) in [4.78, 5) is 24.7. The molecule has 0 fully saturated rings. The molecule has 1 rings (SSSR count). The Labute approximate surface area is 114 Å². The molecule has 0 aliphatic heterocycles. The molecule has 104 valence electrons. The number of hydrogen-bond donors (Lipinski definition) is 0. The van der Waals surface area contributed by atoms with Crippen LogP contribution in [0.2, 0.25) is 0 Å². The summed E-state index contributed by atoms with van der Waals surface area (Å²) in [6.07, 6.45) is 1.10. The third-order valence-corrected chi connectivity index (χ3v) is 2.99. The molecule has 4 heteroatoms. The fourth-order valence-corrected chi connectivity index (χ4v) is 1.87. The van der Waals surface area contributed by atoms with Crippen LogP contribution >= 0.6 is 0 Å². The Hall–Kier alpha value is -1.84. The summed E-state index contributed by atoms with van der Waals surface area (Å²) in [5, 5.41) is 0. The van der Waals surface area contributed by atoms with E-state index in [2.05, 4.69) is 10.8 Å². The van der Waals surface area contributed by atoms with Gasteiger partial charge in [0.1, 0.15) is 6.54 Å². The zero-order chi connectivity index (χ0) is 14.3. The van der Waals surface area contributed by atoms with E-state index in [9.17, 15) is 9.59 Å². The van der Waals surface area contributed by atoms with E-state index in [4.69, 9.17) is 0 Å². The van der Waals surface area contributed by atoms with Crippen LogP contribution in [0.5, 0.6) is 0 Å². The van der Waals surface area contributed by atoms with Gasteiger partial charge in [0.2, 0.25) is 5.91 Å². The van der Waals surface area contributed by atoms with Gasteiger partial charge in [-0.25, -0.2) is 0 Å². The van der Waals surface area contributed by atoms with Gasteiger partial charge >= 0.3 is 5.97 Å². The van der Waals surface area contributed by atoms with Crippen LogP contribution in [0.3, 0.4) is 0 Å². The topological polar surface area (TPSA) is 46.6 Å². The monoisotopic (exact) mass is 263 g/mol. The minimum absolute atomic E-state index is 0.0191. The highest BCUT2D eigenvalue weighted by molar-refractivity contribution is 5.82. The summed E-state index contributed by atoms with van der Waals surface area (Å²) in [5.74, 6) is -0.403. The number of carbonyl (C=O) groups is 2. The maximum atomic E-state index is 12.0. The maximum absolute atomic E-state index is 12.0. The summed E-state index contributed by atoms with van der Waals surface area (Å²) in [6.45, 7) is 4.43. The predicted molar refractivity (Wildman–Crippen MR) is 73.8 cm³/mol. The molecule has 0 atom stereocenters. The van der Waals surface area contributed by atoms with Crippen molar-refractivity contribution in [2.75, 3.05) is 20.2 Å². The van der Waals surface area contributed by atoms with Crippen LogP contribution in [0.1, 0.15) is 24.5 Å². The molecule has 0 N–H and O–H groups in total. The Bertz CT molecular complexity index is 443. The standard InChI is InChI=1S/C15H21NO3/c1-4-16(11-15(18)19-3)14(17)9-8-13-7-5-6-12(2)10-13/h5-7,10H,4,8-9,11H2,1-3H3. The van der Waals surface area contributed by atoms with E-state index in [1.54, 1.807) is 0 Å². The van der Waals surface area contributed by atoms with E-state index >= 15 is 0 Å². The minimum Gasteiger partial charge on any atom is -0.468 e. The molecule has 0 aliphatic carbocycles. The lowest BCUT2D eigenvalue weighted by Crippen LogP contribution is -2.36. The second kappa shape index (κ2) is 7.56. The lowest BCUT2D eigenvalue weighted by Gasteiger charge is -2.19. The van der Waals surface area contributed by atoms with Gasteiger partial charge in [0.25, 0.3) is 0 Å². The molecule has 4 nitrogen and oxygen atoms in total. The lowest BCUT2D eigenvalue weighted by molar-refractivity contribution is -0.146. The number of nitrogens with zero attached hydrogens (tertiary/aromatic N) is 1. The van der Waals surface area contributed by atoms with Gasteiger partial charge in [0, 0.05) is 13.0 Å². The normalized spacial score (nSPS) is 10.1. The Kier molecular flexibility index (Phi) is 6.06. The van der Waals surface area contributed by atoms with E-state index < -0.39 is 0 Å². The van der Waals surface area contributed by atoms with E-state index in [-0.39, 0.29) is 18.4 Å². The Morgan fingerprint density at radius 1 is 1.32 bits per heavy atom. The van der Waals surface area contributed by atoms with Crippen LogP contribution < -0.4 is 0 Å². The second-order valence-corrected chi connectivity index (χ2v) is 4.47. The molecule has 0 aliphatic rings. The number of hydrogen-bond acceptors (Lipinski definition) is 3. The number of methoxy groups -OCH3 is 1. The number of benzene rings is 1. The molecule has 0 aromatic heterocycles. The van der Waals surface area contributed by atoms with Crippen LogP contribution in [-0.2, 0) is 20.7 Å². The van der Waals surface area contributed by atoms with Crippen molar-refractivity contribution in [2.45, 2.75) is 26.7 Å². The molecule has 1 aromatic rings. The van der Waals surface area contributed by atoms with Gasteiger partial charge in [0.05, 0.1) is 7.11 Å². The highest BCUT2D eigenvalue weighted by Gasteiger charge is 2.15. The number of carbonyl (C=O) groups excluding carboxylic acids is 2. The molecule has 0 spiro atoms. The van der Waals surface area contributed by atoms with Gasteiger partial charge in [0.15, 0.2) is 0 Å². The first-order chi connectivity index (χ1) is 9.06. The fourth-order valence-electron chi connectivity index (χ4n) is 1.87. The van der Waals surface area contributed by atoms with Crippen LogP contribution in [0.25, 0.3) is 0 Å². The zero-order valence-electron chi connectivity index (χ0n) is 11.8. The third kappa shape index (κ3) is 5.12. The first kappa shape index (κ1) is 15.2. The molecule has 1 aromatic carbocycles. The van der Waals surface area contributed by atoms with Crippen molar-refractivity contribution in [2.24, 2.45) is 0 Å². The average Bonchev–Trinajstić information content (AvgIpc) is 2.41. The summed E-state index contributed by atoms with van der Waals surface area (Å²) in [5.41, 5.74) is 2.33. The molecule has 0 saturated carbocycles. The number of aryl methyl sites for hydroxylation is 2. The van der Waals surface area contributed by atoms with Crippen LogP contribution in [0, 0.1) is 6.92 Å². The Morgan fingerprint density at radius 2 is 2.05 bits per heavy atom. The lowest BCUT2D eigenvalue weighted by atomic mass is 10.1. The summed E-state index contributed by atoms with van der Waals surface area (Å²) in [7, 11) is 1.33. The fraction of sp³-hybridized carbons (Fsp3) is 0.467. The third-order valence-electron chi connectivity index (χ3n) is 2.99. The number of ether oxygens (including phenoxy) is 1. The molecule has 19 heavy (non-hydrogen) atoms. The first-order valence-corrected chi connectivity index (χ1v) is 6.47. The predicted octanol–water partition coefficient (Wildman–Crippen LogP) is 1.95. The summed E-state index contributed by atoms with van der Waals surface area (Å²) < 4.78 is 4.58. The van der Waals surface area contributed by atoms with Crippen LogP contribution in [0.15, 0.2) is 24.3 Å². The van der Waals surface area contributed by atoms with Crippen LogP contribution in [0.4, 0.5) is 0 Å². The molecule has 0 radical (unpaired) electrons. The van der Waals surface area contributed by atoms with Crippen molar-refractivity contribution in [3.63, 3.8) is 0 Å². The molecule has 1 amide bonds. The number of rotatable bonds is 6. The highest BCUT2D eigenvalue weighted by atomic mass is 16.5. The van der Waals surface area contributed by atoms with Gasteiger partial charge < -0.3 is 9.64 Å². The van der Waals surface area contributed by atoms with E-state index in [1.165, 1.54) is 17.6 Å². The second-order valence-electron chi connectivity index (χ2n) is 4.47. The van der Waals surface area contributed by atoms with Gasteiger partial charge in [-0.2, -0.15) is 0 Å². The number of likely N-dealkylation sites (N-methyl/N-ethyl adjacent to an activating group) is 1. The molecule has 0 unspecified atom stereocenters. The van der Waals surface area contributed by atoms with Crippen LogP contribution in [-0.4, -0.2) is 37.0 Å². The van der Waals surface area contributed by atoms with Gasteiger partial charge in [-0.3, -0.25) is 9.59 Å². The van der Waals surface area contributed by atoms with Gasteiger partial charge in [-0.1, -0.05) is 29.8 Å². The summed E-state index contributed by atoms with van der Waals surface area (Å²) in [6, 6.07) is 8.10. The van der Waals surface area contributed by atoms with Crippen molar-refractivity contribution in [1.82, 2.24) is 4.90 Å². The SMILES string of the molecule is CCN(CC(=O)OC)C(=O)CCc1cccc(C)c1. The van der Waals surface area contributed by atoms with E-state index in [0.29, 0.717) is 19.4 Å². The molecule has 0 bridgehead atoms. The van der Waals surface area contributed by atoms with Crippen molar-refractivity contribution < 1.29 is 14.3 Å². The quantitative estimate of drug-likeness (QED) is 0.737. The zero-order valence-corrected chi connectivity index (χ0v) is 11.8. The van der Waals surface area contributed by atoms with Crippen molar-refractivity contribution in [3.05, 3.63) is 35.4 Å². The molecular weight excluding hydrogens is 242 g/mol. The van der Waals surface area contributed by atoms with E-state index in [1.807, 2.05) is 32.0 Å². The molecule has 0 heterocycles. The minimum atomic E-state index is -0.384. The van der Waals surface area contributed by atoms with Crippen molar-refractivity contribution in [3.8, 4) is 0 Å². The van der Waals surface area contributed by atoms with Crippen molar-refractivity contribution >= 4 is 11.9 Å². The maximum Gasteiger partial charge on any atom is 0.325 e. The number of amides is 1.